The van der Waals surface area contributed by atoms with Gasteiger partial charge in [0.25, 0.3) is 5.91 Å². The van der Waals surface area contributed by atoms with Crippen molar-refractivity contribution in [3.63, 3.8) is 0 Å². The zero-order valence-corrected chi connectivity index (χ0v) is 15.3. The Balaban J connectivity index is 2.25. The lowest BCUT2D eigenvalue weighted by Gasteiger charge is -2.17. The van der Waals surface area contributed by atoms with Gasteiger partial charge in [-0.05, 0) is 38.0 Å². The Hall–Kier alpha value is -2.14. The first-order valence-corrected chi connectivity index (χ1v) is 8.43. The van der Waals surface area contributed by atoms with Gasteiger partial charge in [-0.25, -0.2) is 9.97 Å². The van der Waals surface area contributed by atoms with Crippen LogP contribution in [0.2, 0.25) is 5.02 Å². The van der Waals surface area contributed by atoms with E-state index in [1.807, 2.05) is 25.1 Å². The van der Waals surface area contributed by atoms with Gasteiger partial charge in [0.05, 0.1) is 0 Å². The molecule has 6 heteroatoms. The number of nitrogens with one attached hydrogen (secondary N) is 1. The van der Waals surface area contributed by atoms with Crippen LogP contribution in [0.1, 0.15) is 41.6 Å². The molecule has 0 aliphatic heterocycles. The molecule has 24 heavy (non-hydrogen) atoms. The Morgan fingerprint density at radius 1 is 1.29 bits per heavy atom. The Kier molecular flexibility index (Phi) is 6.15. The van der Waals surface area contributed by atoms with Crippen LogP contribution in [0, 0.1) is 13.8 Å². The molecule has 0 spiro atoms. The number of hydrogen-bond donors (Lipinski definition) is 1. The molecule has 0 unspecified atom stereocenters. The number of anilines is 2. The summed E-state index contributed by atoms with van der Waals surface area (Å²) in [6.07, 6.45) is 2.01. The fourth-order valence-electron chi connectivity index (χ4n) is 2.31. The molecule has 0 saturated heterocycles. The molecule has 2 aromatic rings. The largest absolute Gasteiger partial charge is 0.340 e. The second-order valence-corrected chi connectivity index (χ2v) is 6.21. The van der Waals surface area contributed by atoms with Crippen LogP contribution in [0.3, 0.4) is 0 Å². The summed E-state index contributed by atoms with van der Waals surface area (Å²) >= 11 is 6.15. The predicted octanol–water partition coefficient (Wildman–Crippen LogP) is 4.36. The number of aromatic nitrogens is 2. The molecule has 5 nitrogen and oxygen atoms in total. The summed E-state index contributed by atoms with van der Waals surface area (Å²) in [6, 6.07) is 7.31. The number of hydrogen-bond acceptors (Lipinski definition) is 4. The number of carbonyl (C=O) groups is 1. The van der Waals surface area contributed by atoms with E-state index in [0.717, 1.165) is 24.1 Å². The summed E-state index contributed by atoms with van der Waals surface area (Å²) < 4.78 is 0. The molecule has 1 amide bonds. The second-order valence-electron chi connectivity index (χ2n) is 5.80. The summed E-state index contributed by atoms with van der Waals surface area (Å²) in [4.78, 5) is 22.9. The Morgan fingerprint density at radius 3 is 2.75 bits per heavy atom. The van der Waals surface area contributed by atoms with E-state index in [1.165, 1.54) is 0 Å². The molecule has 0 radical (unpaired) electrons. The van der Waals surface area contributed by atoms with Crippen LogP contribution in [0.15, 0.2) is 24.3 Å². The molecule has 0 atom stereocenters. The summed E-state index contributed by atoms with van der Waals surface area (Å²) in [5.41, 5.74) is 2.19. The number of rotatable bonds is 6. The third-order valence-corrected chi connectivity index (χ3v) is 4.19. The highest BCUT2D eigenvalue weighted by Gasteiger charge is 2.15. The van der Waals surface area contributed by atoms with Crippen LogP contribution in [0.25, 0.3) is 0 Å². The maximum atomic E-state index is 12.5. The highest BCUT2D eigenvalue weighted by Crippen LogP contribution is 2.25. The van der Waals surface area contributed by atoms with Crippen molar-refractivity contribution < 1.29 is 4.79 Å². The monoisotopic (exact) mass is 346 g/mol. The van der Waals surface area contributed by atoms with E-state index in [0.29, 0.717) is 28.9 Å². The van der Waals surface area contributed by atoms with E-state index in [2.05, 4.69) is 22.2 Å². The van der Waals surface area contributed by atoms with Gasteiger partial charge in [-0.2, -0.15) is 0 Å². The summed E-state index contributed by atoms with van der Waals surface area (Å²) in [7, 11) is 1.80. The normalized spacial score (nSPS) is 10.5. The first-order chi connectivity index (χ1) is 11.4. The fourth-order valence-corrected chi connectivity index (χ4v) is 2.49. The van der Waals surface area contributed by atoms with Gasteiger partial charge < -0.3 is 10.2 Å². The number of unbranched alkanes of at least 4 members (excludes halogenated alkanes) is 1. The minimum atomic E-state index is -0.0974. The van der Waals surface area contributed by atoms with Crippen LogP contribution in [-0.2, 0) is 0 Å². The molecule has 0 saturated carbocycles. The molecule has 0 aliphatic rings. The Labute approximate surface area is 148 Å². The molecular weight excluding hydrogens is 324 g/mol. The van der Waals surface area contributed by atoms with Crippen molar-refractivity contribution in [2.75, 3.05) is 18.9 Å². The van der Waals surface area contributed by atoms with Crippen molar-refractivity contribution in [1.29, 1.82) is 0 Å². The SMILES string of the molecule is CCCCN(C)C(=O)c1cc(Nc2cccc(Cl)c2C)nc(C)n1. The minimum absolute atomic E-state index is 0.0974. The van der Waals surface area contributed by atoms with Gasteiger partial charge >= 0.3 is 0 Å². The zero-order valence-electron chi connectivity index (χ0n) is 14.6. The average Bonchev–Trinajstić information content (AvgIpc) is 2.55. The molecule has 1 aromatic heterocycles. The number of amides is 1. The zero-order chi connectivity index (χ0) is 17.7. The molecule has 128 valence electrons. The standard InChI is InChI=1S/C18H23ClN4O/c1-5-6-10-23(4)18(24)16-11-17(21-13(3)20-16)22-15-9-7-8-14(19)12(15)2/h7-9,11H,5-6,10H2,1-4H3,(H,20,21,22). The lowest BCUT2D eigenvalue weighted by atomic mass is 10.2. The van der Waals surface area contributed by atoms with Crippen LogP contribution in [-0.4, -0.2) is 34.4 Å². The highest BCUT2D eigenvalue weighted by atomic mass is 35.5. The molecule has 0 fully saturated rings. The van der Waals surface area contributed by atoms with E-state index in [9.17, 15) is 4.79 Å². The van der Waals surface area contributed by atoms with E-state index in [4.69, 9.17) is 11.6 Å². The lowest BCUT2D eigenvalue weighted by molar-refractivity contribution is 0.0787. The number of halogens is 1. The molecule has 0 bridgehead atoms. The highest BCUT2D eigenvalue weighted by molar-refractivity contribution is 6.31. The van der Waals surface area contributed by atoms with Crippen molar-refractivity contribution in [3.05, 3.63) is 46.4 Å². The van der Waals surface area contributed by atoms with E-state index >= 15 is 0 Å². The molecule has 0 aliphatic carbocycles. The van der Waals surface area contributed by atoms with Crippen molar-refractivity contribution >= 4 is 29.0 Å². The first kappa shape index (κ1) is 18.2. The first-order valence-electron chi connectivity index (χ1n) is 8.05. The van der Waals surface area contributed by atoms with Gasteiger partial charge in [0.2, 0.25) is 0 Å². The summed E-state index contributed by atoms with van der Waals surface area (Å²) in [6.45, 7) is 6.53. The maximum absolute atomic E-state index is 12.5. The van der Waals surface area contributed by atoms with E-state index in [1.54, 1.807) is 24.9 Å². The average molecular weight is 347 g/mol. The Morgan fingerprint density at radius 2 is 2.04 bits per heavy atom. The van der Waals surface area contributed by atoms with Gasteiger partial charge in [-0.3, -0.25) is 4.79 Å². The van der Waals surface area contributed by atoms with Crippen molar-refractivity contribution in [2.45, 2.75) is 33.6 Å². The molecular formula is C18H23ClN4O. The number of nitrogens with zero attached hydrogens (tertiary/aromatic N) is 3. The topological polar surface area (TPSA) is 58.1 Å². The lowest BCUT2D eigenvalue weighted by Crippen LogP contribution is -2.28. The quantitative estimate of drug-likeness (QED) is 0.844. The van der Waals surface area contributed by atoms with Gasteiger partial charge in [0.15, 0.2) is 0 Å². The second kappa shape index (κ2) is 8.11. The maximum Gasteiger partial charge on any atom is 0.272 e. The molecule has 1 N–H and O–H groups in total. The minimum Gasteiger partial charge on any atom is -0.340 e. The third-order valence-electron chi connectivity index (χ3n) is 3.78. The van der Waals surface area contributed by atoms with Gasteiger partial charge in [0.1, 0.15) is 17.3 Å². The number of benzene rings is 1. The van der Waals surface area contributed by atoms with Crippen LogP contribution >= 0.6 is 11.6 Å². The predicted molar refractivity (Wildman–Crippen MR) is 98.1 cm³/mol. The number of carbonyl (C=O) groups excluding carboxylic acids is 1. The van der Waals surface area contributed by atoms with Crippen molar-refractivity contribution in [1.82, 2.24) is 14.9 Å². The fraction of sp³-hybridized carbons (Fsp3) is 0.389. The van der Waals surface area contributed by atoms with Crippen molar-refractivity contribution in [3.8, 4) is 0 Å². The van der Waals surface area contributed by atoms with E-state index < -0.39 is 0 Å². The van der Waals surface area contributed by atoms with E-state index in [-0.39, 0.29) is 5.91 Å². The van der Waals surface area contributed by atoms with Gasteiger partial charge in [0, 0.05) is 30.4 Å². The third kappa shape index (κ3) is 4.45. The summed E-state index contributed by atoms with van der Waals surface area (Å²) in [5.74, 6) is 1.03. The molecule has 1 heterocycles. The van der Waals surface area contributed by atoms with Crippen LogP contribution in [0.4, 0.5) is 11.5 Å². The van der Waals surface area contributed by atoms with Crippen LogP contribution < -0.4 is 5.32 Å². The smallest absolute Gasteiger partial charge is 0.272 e. The van der Waals surface area contributed by atoms with Gasteiger partial charge in [-0.15, -0.1) is 0 Å². The molecule has 1 aromatic carbocycles. The Bertz CT molecular complexity index is 733. The van der Waals surface area contributed by atoms with Crippen LogP contribution in [0.5, 0.6) is 0 Å². The summed E-state index contributed by atoms with van der Waals surface area (Å²) in [5, 5.41) is 3.91. The number of aryl methyl sites for hydroxylation is 1. The van der Waals surface area contributed by atoms with Crippen molar-refractivity contribution in [2.24, 2.45) is 0 Å². The molecule has 2 rings (SSSR count). The van der Waals surface area contributed by atoms with Gasteiger partial charge in [-0.1, -0.05) is 31.0 Å².